The first-order valence-electron chi connectivity index (χ1n) is 10.4. The van der Waals surface area contributed by atoms with Crippen molar-refractivity contribution in [2.75, 3.05) is 13.2 Å². The van der Waals surface area contributed by atoms with Crippen LogP contribution >= 0.6 is 0 Å². The van der Waals surface area contributed by atoms with E-state index in [-0.39, 0.29) is 5.76 Å². The number of carbonyl (C=O) groups excluding carboxylic acids is 1. The number of hydrogen-bond acceptors (Lipinski definition) is 11. The Labute approximate surface area is 180 Å². The molecule has 2 heterocycles. The van der Waals surface area contributed by atoms with Crippen LogP contribution in [0.1, 0.15) is 39.0 Å². The van der Waals surface area contributed by atoms with Gasteiger partial charge in [0.2, 0.25) is 12.0 Å². The second kappa shape index (κ2) is 12.3. The van der Waals surface area contributed by atoms with E-state index in [1.165, 1.54) is 6.26 Å². The lowest BCUT2D eigenvalue weighted by Crippen LogP contribution is -2.59. The van der Waals surface area contributed by atoms with Crippen LogP contribution in [0, 0.1) is 0 Å². The molecule has 6 N–H and O–H groups in total. The van der Waals surface area contributed by atoms with Crippen molar-refractivity contribution < 1.29 is 54.4 Å². The minimum absolute atomic E-state index is 0.242. The van der Waals surface area contributed by atoms with Crippen molar-refractivity contribution in [3.05, 3.63) is 23.9 Å². The molecule has 11 nitrogen and oxygen atoms in total. The summed E-state index contributed by atoms with van der Waals surface area (Å²) in [6.07, 6.45) is -2.83. The molecule has 1 saturated heterocycles. The highest BCUT2D eigenvalue weighted by molar-refractivity contribution is 5.89. The Kier molecular flexibility index (Phi) is 10.2. The Bertz CT molecular complexity index is 633. The Morgan fingerprint density at radius 3 is 2.48 bits per heavy atom. The summed E-state index contributed by atoms with van der Waals surface area (Å²) >= 11 is 0. The molecule has 0 spiro atoms. The SMILES string of the molecule is CCCCCCC=COC1=C(OC2O[C@H](CO)[C@@H](O)[C@H](O)[C@H]2O)C(=O)O[C@@H]1[C@@H](O)CO. The summed E-state index contributed by atoms with van der Waals surface area (Å²) < 4.78 is 21.1. The molecule has 2 aliphatic heterocycles. The number of rotatable bonds is 12. The van der Waals surface area contributed by atoms with Gasteiger partial charge in [0.15, 0.2) is 11.9 Å². The molecule has 7 atom stereocenters. The van der Waals surface area contributed by atoms with E-state index in [0.717, 1.165) is 32.1 Å². The zero-order valence-corrected chi connectivity index (χ0v) is 17.4. The maximum absolute atomic E-state index is 12.3. The molecule has 1 fully saturated rings. The highest BCUT2D eigenvalue weighted by Crippen LogP contribution is 2.31. The smallest absolute Gasteiger partial charge is 0.378 e. The topological polar surface area (TPSA) is 175 Å². The summed E-state index contributed by atoms with van der Waals surface area (Å²) in [5, 5.41) is 58.4. The van der Waals surface area contributed by atoms with E-state index in [0.29, 0.717) is 0 Å². The summed E-state index contributed by atoms with van der Waals surface area (Å²) in [4.78, 5) is 12.3. The van der Waals surface area contributed by atoms with Crippen LogP contribution in [0.25, 0.3) is 0 Å². The predicted octanol–water partition coefficient (Wildman–Crippen LogP) is -1.21. The molecule has 31 heavy (non-hydrogen) atoms. The number of hydrogen-bond donors (Lipinski definition) is 6. The van der Waals surface area contributed by atoms with Crippen molar-refractivity contribution in [1.29, 1.82) is 0 Å². The summed E-state index contributed by atoms with van der Waals surface area (Å²) in [6.45, 7) is 0.704. The van der Waals surface area contributed by atoms with Crippen LogP contribution in [-0.4, -0.2) is 92.7 Å². The van der Waals surface area contributed by atoms with Gasteiger partial charge < -0.3 is 49.6 Å². The van der Waals surface area contributed by atoms with E-state index in [2.05, 4.69) is 6.92 Å². The van der Waals surface area contributed by atoms with Crippen molar-refractivity contribution in [2.24, 2.45) is 0 Å². The van der Waals surface area contributed by atoms with Crippen LogP contribution in [0.15, 0.2) is 23.9 Å². The monoisotopic (exact) mass is 448 g/mol. The highest BCUT2D eigenvalue weighted by atomic mass is 16.7. The fourth-order valence-corrected chi connectivity index (χ4v) is 3.19. The first-order chi connectivity index (χ1) is 14.8. The third-order valence-electron chi connectivity index (χ3n) is 5.04. The molecule has 0 saturated carbocycles. The molecule has 0 bridgehead atoms. The van der Waals surface area contributed by atoms with Crippen LogP contribution < -0.4 is 0 Å². The number of ether oxygens (including phenoxy) is 4. The average Bonchev–Trinajstić information content (AvgIpc) is 3.08. The Morgan fingerprint density at radius 2 is 1.84 bits per heavy atom. The third kappa shape index (κ3) is 6.39. The first-order valence-corrected chi connectivity index (χ1v) is 10.4. The van der Waals surface area contributed by atoms with Gasteiger partial charge in [0.1, 0.15) is 30.5 Å². The van der Waals surface area contributed by atoms with E-state index < -0.39 is 67.9 Å². The number of aliphatic hydroxyl groups excluding tert-OH is 6. The largest absolute Gasteiger partial charge is 0.461 e. The number of allylic oxidation sites excluding steroid dienone is 1. The lowest BCUT2D eigenvalue weighted by molar-refractivity contribution is -0.291. The molecule has 0 aromatic heterocycles. The van der Waals surface area contributed by atoms with Crippen molar-refractivity contribution in [2.45, 2.75) is 81.9 Å². The highest BCUT2D eigenvalue weighted by Gasteiger charge is 2.48. The zero-order valence-electron chi connectivity index (χ0n) is 17.4. The third-order valence-corrected chi connectivity index (χ3v) is 5.04. The Morgan fingerprint density at radius 1 is 1.10 bits per heavy atom. The van der Waals surface area contributed by atoms with E-state index in [4.69, 9.17) is 18.9 Å². The molecule has 0 radical (unpaired) electrons. The molecular weight excluding hydrogens is 416 g/mol. The van der Waals surface area contributed by atoms with Crippen molar-refractivity contribution in [3.8, 4) is 0 Å². The Balaban J connectivity index is 2.16. The quantitative estimate of drug-likeness (QED) is 0.120. The lowest BCUT2D eigenvalue weighted by atomic mass is 9.99. The van der Waals surface area contributed by atoms with Gasteiger partial charge in [-0.25, -0.2) is 4.79 Å². The molecule has 2 rings (SSSR count). The van der Waals surface area contributed by atoms with Gasteiger partial charge in [-0.05, 0) is 18.9 Å². The number of aliphatic hydroxyl groups is 6. The van der Waals surface area contributed by atoms with Crippen molar-refractivity contribution in [3.63, 3.8) is 0 Å². The molecule has 0 aromatic carbocycles. The molecular formula is C20H32O11. The molecule has 2 aliphatic rings. The van der Waals surface area contributed by atoms with Gasteiger partial charge in [0, 0.05) is 0 Å². The second-order valence-corrected chi connectivity index (χ2v) is 7.42. The number of carbonyl (C=O) groups is 1. The second-order valence-electron chi connectivity index (χ2n) is 7.42. The zero-order chi connectivity index (χ0) is 23.0. The molecule has 0 aliphatic carbocycles. The normalized spacial score (nSPS) is 32.4. The lowest BCUT2D eigenvalue weighted by Gasteiger charge is -2.39. The van der Waals surface area contributed by atoms with E-state index >= 15 is 0 Å². The van der Waals surface area contributed by atoms with Gasteiger partial charge in [-0.2, -0.15) is 0 Å². The van der Waals surface area contributed by atoms with Crippen LogP contribution in [0.3, 0.4) is 0 Å². The molecule has 1 unspecified atom stereocenters. The standard InChI is InChI=1S/C20H32O11/c1-2-3-4-5-6-7-8-28-17-16(11(23)9-21)30-19(27)18(17)31-20-15(26)14(25)13(24)12(10-22)29-20/h7-8,11-16,20-26H,2-6,9-10H2,1H3/t11-,12+,13+,14-,15+,16+,20?/m0/s1. The molecule has 11 heteroatoms. The van der Waals surface area contributed by atoms with Crippen LogP contribution in [0.2, 0.25) is 0 Å². The summed E-state index contributed by atoms with van der Waals surface area (Å²) in [7, 11) is 0. The number of esters is 1. The van der Waals surface area contributed by atoms with Gasteiger partial charge in [-0.1, -0.05) is 26.2 Å². The minimum atomic E-state index is -1.75. The van der Waals surface area contributed by atoms with Gasteiger partial charge >= 0.3 is 5.97 Å². The van der Waals surface area contributed by atoms with Crippen LogP contribution in [0.5, 0.6) is 0 Å². The van der Waals surface area contributed by atoms with Crippen LogP contribution in [0.4, 0.5) is 0 Å². The number of unbranched alkanes of at least 4 members (excludes halogenated alkanes) is 4. The van der Waals surface area contributed by atoms with E-state index in [1.54, 1.807) is 6.08 Å². The fourth-order valence-electron chi connectivity index (χ4n) is 3.19. The fraction of sp³-hybridized carbons (Fsp3) is 0.750. The van der Waals surface area contributed by atoms with Crippen molar-refractivity contribution >= 4 is 5.97 Å². The maximum atomic E-state index is 12.3. The minimum Gasteiger partial charge on any atom is -0.461 e. The Hall–Kier alpha value is -1.73. The number of cyclic esters (lactones) is 1. The van der Waals surface area contributed by atoms with Gasteiger partial charge in [0.05, 0.1) is 19.5 Å². The molecule has 178 valence electrons. The summed E-state index contributed by atoms with van der Waals surface area (Å²) in [5.74, 6) is -1.81. The summed E-state index contributed by atoms with van der Waals surface area (Å²) in [5.41, 5.74) is 0. The van der Waals surface area contributed by atoms with E-state index in [9.17, 15) is 35.4 Å². The summed E-state index contributed by atoms with van der Waals surface area (Å²) in [6, 6.07) is 0. The van der Waals surface area contributed by atoms with Gasteiger partial charge in [0.25, 0.3) is 0 Å². The predicted molar refractivity (Wildman–Crippen MR) is 104 cm³/mol. The maximum Gasteiger partial charge on any atom is 0.378 e. The van der Waals surface area contributed by atoms with E-state index in [1.807, 2.05) is 0 Å². The average molecular weight is 448 g/mol. The van der Waals surface area contributed by atoms with Gasteiger partial charge in [-0.15, -0.1) is 0 Å². The van der Waals surface area contributed by atoms with Crippen LogP contribution in [-0.2, 0) is 23.7 Å². The molecule has 0 aromatic rings. The molecule has 0 amide bonds. The van der Waals surface area contributed by atoms with Crippen molar-refractivity contribution in [1.82, 2.24) is 0 Å². The first kappa shape index (κ1) is 25.5. The van der Waals surface area contributed by atoms with Gasteiger partial charge in [-0.3, -0.25) is 0 Å².